The molecule has 0 amide bonds. The van der Waals surface area contributed by atoms with Gasteiger partial charge in [-0.15, -0.1) is 0 Å². The first kappa shape index (κ1) is 13.1. The normalized spacial score (nSPS) is 29.2. The second kappa shape index (κ2) is 5.92. The minimum absolute atomic E-state index is 0.883. The Balaban J connectivity index is 2.31. The standard InChI is InChI=1S/C15H30/c1-6-12(4)8-14(7-11(2)3)10-15-9-13(15)5/h11-15H,6-10H2,1-5H3. The highest BCUT2D eigenvalue weighted by atomic mass is 14.4. The van der Waals surface area contributed by atoms with Crippen molar-refractivity contribution >= 4 is 0 Å². The lowest BCUT2D eigenvalue weighted by Crippen LogP contribution is -2.10. The van der Waals surface area contributed by atoms with Crippen LogP contribution in [0.5, 0.6) is 0 Å². The molecule has 0 saturated heterocycles. The molecule has 90 valence electrons. The molecule has 0 aliphatic heterocycles. The van der Waals surface area contributed by atoms with Crippen LogP contribution in [0.15, 0.2) is 0 Å². The Morgan fingerprint density at radius 1 is 1.13 bits per heavy atom. The topological polar surface area (TPSA) is 0 Å². The van der Waals surface area contributed by atoms with Crippen LogP contribution in [0.4, 0.5) is 0 Å². The molecule has 0 nitrogen and oxygen atoms in total. The molecule has 1 rings (SSSR count). The van der Waals surface area contributed by atoms with Gasteiger partial charge in [-0.25, -0.2) is 0 Å². The summed E-state index contributed by atoms with van der Waals surface area (Å²) in [6.07, 6.45) is 7.30. The zero-order chi connectivity index (χ0) is 11.4. The summed E-state index contributed by atoms with van der Waals surface area (Å²) in [6, 6.07) is 0. The minimum atomic E-state index is 0.883. The fourth-order valence-corrected chi connectivity index (χ4v) is 2.85. The van der Waals surface area contributed by atoms with Gasteiger partial charge in [-0.1, -0.05) is 41.0 Å². The maximum absolute atomic E-state index is 2.42. The molecule has 4 unspecified atom stereocenters. The Kier molecular flexibility index (Phi) is 5.15. The number of hydrogen-bond acceptors (Lipinski definition) is 0. The van der Waals surface area contributed by atoms with E-state index in [0.717, 1.165) is 29.6 Å². The second-order valence-corrected chi connectivity index (χ2v) is 6.45. The number of rotatable bonds is 7. The molecule has 1 saturated carbocycles. The predicted octanol–water partition coefficient (Wildman–Crippen LogP) is 5.13. The van der Waals surface area contributed by atoms with Crippen molar-refractivity contribution in [3.8, 4) is 0 Å². The average molecular weight is 210 g/mol. The zero-order valence-electron chi connectivity index (χ0n) is 11.4. The lowest BCUT2D eigenvalue weighted by molar-refractivity contribution is 0.296. The van der Waals surface area contributed by atoms with Gasteiger partial charge in [0.05, 0.1) is 0 Å². The van der Waals surface area contributed by atoms with Crippen molar-refractivity contribution < 1.29 is 0 Å². The highest BCUT2D eigenvalue weighted by Gasteiger charge is 2.34. The van der Waals surface area contributed by atoms with Crippen LogP contribution in [-0.4, -0.2) is 0 Å². The molecular weight excluding hydrogens is 180 g/mol. The Labute approximate surface area is 96.8 Å². The molecule has 0 radical (unpaired) electrons. The van der Waals surface area contributed by atoms with Gasteiger partial charge in [0.2, 0.25) is 0 Å². The Bertz CT molecular complexity index is 165. The van der Waals surface area contributed by atoms with Gasteiger partial charge in [-0.3, -0.25) is 0 Å². The maximum atomic E-state index is 2.42. The largest absolute Gasteiger partial charge is 0.0651 e. The predicted molar refractivity (Wildman–Crippen MR) is 68.9 cm³/mol. The molecule has 1 aliphatic rings. The molecule has 4 atom stereocenters. The summed E-state index contributed by atoms with van der Waals surface area (Å²) in [5.74, 6) is 4.94. The van der Waals surface area contributed by atoms with Crippen LogP contribution < -0.4 is 0 Å². The van der Waals surface area contributed by atoms with Gasteiger partial charge in [-0.2, -0.15) is 0 Å². The van der Waals surface area contributed by atoms with E-state index in [1.165, 1.54) is 32.1 Å². The average Bonchev–Trinajstić information content (AvgIpc) is 2.80. The summed E-state index contributed by atoms with van der Waals surface area (Å²) < 4.78 is 0. The van der Waals surface area contributed by atoms with Crippen LogP contribution >= 0.6 is 0 Å². The molecule has 0 aromatic rings. The van der Waals surface area contributed by atoms with Gasteiger partial charge in [0, 0.05) is 0 Å². The van der Waals surface area contributed by atoms with Crippen molar-refractivity contribution in [2.24, 2.45) is 29.6 Å². The fraction of sp³-hybridized carbons (Fsp3) is 1.00. The van der Waals surface area contributed by atoms with E-state index in [9.17, 15) is 0 Å². The van der Waals surface area contributed by atoms with Crippen LogP contribution in [0.1, 0.15) is 66.7 Å². The van der Waals surface area contributed by atoms with Gasteiger partial charge >= 0.3 is 0 Å². The maximum Gasteiger partial charge on any atom is -0.0383 e. The van der Waals surface area contributed by atoms with Gasteiger partial charge in [0.15, 0.2) is 0 Å². The van der Waals surface area contributed by atoms with Gasteiger partial charge in [0.25, 0.3) is 0 Å². The third kappa shape index (κ3) is 5.04. The van der Waals surface area contributed by atoms with Crippen molar-refractivity contribution in [1.29, 1.82) is 0 Å². The third-order valence-corrected chi connectivity index (χ3v) is 4.15. The smallest absolute Gasteiger partial charge is 0.0383 e. The van der Waals surface area contributed by atoms with Crippen LogP contribution in [0.2, 0.25) is 0 Å². The lowest BCUT2D eigenvalue weighted by Gasteiger charge is -2.22. The van der Waals surface area contributed by atoms with E-state index in [-0.39, 0.29) is 0 Å². The van der Waals surface area contributed by atoms with Crippen molar-refractivity contribution in [2.75, 3.05) is 0 Å². The molecule has 1 fully saturated rings. The molecule has 15 heavy (non-hydrogen) atoms. The van der Waals surface area contributed by atoms with E-state index in [1.54, 1.807) is 0 Å². The monoisotopic (exact) mass is 210 g/mol. The van der Waals surface area contributed by atoms with E-state index in [2.05, 4.69) is 34.6 Å². The van der Waals surface area contributed by atoms with Crippen LogP contribution in [0.25, 0.3) is 0 Å². The quantitative estimate of drug-likeness (QED) is 0.546. The molecule has 0 bridgehead atoms. The van der Waals surface area contributed by atoms with Crippen molar-refractivity contribution in [2.45, 2.75) is 66.7 Å². The van der Waals surface area contributed by atoms with Crippen LogP contribution in [0, 0.1) is 29.6 Å². The molecule has 0 heterocycles. The molecule has 0 aromatic heterocycles. The third-order valence-electron chi connectivity index (χ3n) is 4.15. The second-order valence-electron chi connectivity index (χ2n) is 6.45. The van der Waals surface area contributed by atoms with Crippen molar-refractivity contribution in [1.82, 2.24) is 0 Å². The highest BCUT2D eigenvalue weighted by molar-refractivity contribution is 4.85. The summed E-state index contributed by atoms with van der Waals surface area (Å²) in [5, 5.41) is 0. The van der Waals surface area contributed by atoms with Gasteiger partial charge < -0.3 is 0 Å². The van der Waals surface area contributed by atoms with Gasteiger partial charge in [-0.05, 0) is 55.3 Å². The van der Waals surface area contributed by atoms with Crippen molar-refractivity contribution in [3.63, 3.8) is 0 Å². The van der Waals surface area contributed by atoms with Crippen LogP contribution in [-0.2, 0) is 0 Å². The lowest BCUT2D eigenvalue weighted by atomic mass is 9.84. The summed E-state index contributed by atoms with van der Waals surface area (Å²) in [7, 11) is 0. The fourth-order valence-electron chi connectivity index (χ4n) is 2.85. The highest BCUT2D eigenvalue weighted by Crippen LogP contribution is 2.44. The first-order valence-corrected chi connectivity index (χ1v) is 7.02. The van der Waals surface area contributed by atoms with E-state index in [1.807, 2.05) is 0 Å². The summed E-state index contributed by atoms with van der Waals surface area (Å²) >= 11 is 0. The number of hydrogen-bond donors (Lipinski definition) is 0. The molecule has 0 aromatic carbocycles. The Morgan fingerprint density at radius 3 is 2.13 bits per heavy atom. The Hall–Kier alpha value is 0. The first-order chi connectivity index (χ1) is 7.02. The van der Waals surface area contributed by atoms with E-state index in [0.29, 0.717) is 0 Å². The molecule has 0 heteroatoms. The zero-order valence-corrected chi connectivity index (χ0v) is 11.4. The molecule has 0 N–H and O–H groups in total. The SMILES string of the molecule is CCC(C)CC(CC(C)C)CC1CC1C. The molecule has 1 aliphatic carbocycles. The van der Waals surface area contributed by atoms with E-state index < -0.39 is 0 Å². The minimum Gasteiger partial charge on any atom is -0.0651 e. The summed E-state index contributed by atoms with van der Waals surface area (Å²) in [6.45, 7) is 11.9. The molecule has 0 spiro atoms. The van der Waals surface area contributed by atoms with E-state index in [4.69, 9.17) is 0 Å². The summed E-state index contributed by atoms with van der Waals surface area (Å²) in [5.41, 5.74) is 0. The Morgan fingerprint density at radius 2 is 1.73 bits per heavy atom. The van der Waals surface area contributed by atoms with Gasteiger partial charge in [0.1, 0.15) is 0 Å². The van der Waals surface area contributed by atoms with E-state index >= 15 is 0 Å². The summed E-state index contributed by atoms with van der Waals surface area (Å²) in [4.78, 5) is 0. The van der Waals surface area contributed by atoms with Crippen LogP contribution in [0.3, 0.4) is 0 Å². The van der Waals surface area contributed by atoms with Crippen molar-refractivity contribution in [3.05, 3.63) is 0 Å². The first-order valence-electron chi connectivity index (χ1n) is 7.02. The molecular formula is C15H30.